The fourth-order valence-electron chi connectivity index (χ4n) is 15.8. The molecule has 25 nitrogen and oxygen atoms in total. The predicted molar refractivity (Wildman–Crippen MR) is 365 cm³/mol. The highest BCUT2D eigenvalue weighted by Gasteiger charge is 2.55. The maximum Gasteiger partial charge on any atom is 0.397 e. The molecule has 588 valence electrons. The van der Waals surface area contributed by atoms with Crippen molar-refractivity contribution in [2.75, 3.05) is 96.8 Å². The summed E-state index contributed by atoms with van der Waals surface area (Å²) in [6, 6.07) is -11.6. The Balaban J connectivity index is 1.45. The fourth-order valence-corrected chi connectivity index (χ4v) is 15.8. The van der Waals surface area contributed by atoms with Gasteiger partial charge in [0, 0.05) is 77.1 Å². The largest absolute Gasteiger partial charge is 0.397 e. The lowest BCUT2D eigenvalue weighted by atomic mass is 9.74. The van der Waals surface area contributed by atoms with Crippen molar-refractivity contribution in [2.45, 2.75) is 234 Å². The number of fused-ring (bicyclic) bond motifs is 2. The molecule has 1 saturated heterocycles. The van der Waals surface area contributed by atoms with Gasteiger partial charge < -0.3 is 64.8 Å². The van der Waals surface area contributed by atoms with E-state index in [2.05, 4.69) is 16.0 Å². The minimum atomic E-state index is -5.22. The number of ether oxygens (including phenoxy) is 1. The highest BCUT2D eigenvalue weighted by atomic mass is 19.4. The van der Waals surface area contributed by atoms with E-state index in [1.807, 2.05) is 0 Å². The van der Waals surface area contributed by atoms with Crippen LogP contribution in [0.5, 0.6) is 0 Å². The second-order valence-corrected chi connectivity index (χ2v) is 30.0. The smallest absolute Gasteiger partial charge is 0.382 e. The van der Waals surface area contributed by atoms with Gasteiger partial charge in [-0.3, -0.25) is 57.5 Å². The van der Waals surface area contributed by atoms with Crippen molar-refractivity contribution in [3.63, 3.8) is 0 Å². The van der Waals surface area contributed by atoms with Gasteiger partial charge in [-0.05, 0) is 133 Å². The molecular formula is C71H110F8N12O13. The Morgan fingerprint density at radius 2 is 1.25 bits per heavy atom. The Bertz CT molecular complexity index is 3080. The number of nitrogens with one attached hydrogen (secondary N) is 3. The average molecular weight is 1490 g/mol. The lowest BCUT2D eigenvalue weighted by molar-refractivity contribution is -0.219. The molecule has 104 heavy (non-hydrogen) atoms. The van der Waals surface area contributed by atoms with Crippen molar-refractivity contribution in [2.24, 2.45) is 35.5 Å². The van der Waals surface area contributed by atoms with Gasteiger partial charge in [-0.2, -0.15) is 26.3 Å². The third kappa shape index (κ3) is 20.7. The van der Waals surface area contributed by atoms with Gasteiger partial charge in [0.15, 0.2) is 0 Å². The van der Waals surface area contributed by atoms with E-state index in [0.29, 0.717) is 38.5 Å². The summed E-state index contributed by atoms with van der Waals surface area (Å²) in [5, 5.41) is 8.17. The van der Waals surface area contributed by atoms with Crippen LogP contribution in [-0.2, 0) is 62.3 Å². The monoisotopic (exact) mass is 1490 g/mol. The molecule has 0 aromatic carbocycles. The SMILES string of the molecule is CC[C@H](C)[C@@H]1NC(=O)[C@H](CC)N(C)C(=O)C[C@@H](C(=O)N(C)C)N(C)C(=O)[C@H](C2CCCC2)N(C)C(=O)C2(CCC2)NC(=O)[C@H](COC)N(C)C(=O)[C@H](CCC2CC(F)C(C(F)(F)F)C(F)C2)NC(=O)CN(C)C(=O)[C@H](CC2CCC(C(F)(F)F)CC2)N2CC/C=C\C[C@@H](C2=O)N(C)C(=O)CN(C)C1=O. The van der Waals surface area contributed by atoms with Crippen LogP contribution >= 0.6 is 0 Å². The van der Waals surface area contributed by atoms with E-state index in [0.717, 1.165) is 36.4 Å². The Hall–Kier alpha value is -7.22. The minimum Gasteiger partial charge on any atom is -0.382 e. The number of amides is 12. The number of halogens is 8. The Labute approximate surface area is 604 Å². The van der Waals surface area contributed by atoms with Crippen molar-refractivity contribution in [3.8, 4) is 0 Å². The number of alkyl halides is 8. The first-order valence-electron chi connectivity index (χ1n) is 36.5. The molecule has 2 heterocycles. The number of nitrogens with zero attached hydrogens (tertiary/aromatic N) is 9. The molecule has 11 atom stereocenters. The van der Waals surface area contributed by atoms with Gasteiger partial charge in [0.1, 0.15) is 72.1 Å². The molecule has 2 aliphatic heterocycles. The van der Waals surface area contributed by atoms with Gasteiger partial charge in [-0.1, -0.05) is 52.2 Å². The summed E-state index contributed by atoms with van der Waals surface area (Å²) in [7, 11) is 13.1. The third-order valence-electron chi connectivity index (χ3n) is 22.8. The van der Waals surface area contributed by atoms with E-state index < -0.39 is 230 Å². The Morgan fingerprint density at radius 3 is 1.79 bits per heavy atom. The summed E-state index contributed by atoms with van der Waals surface area (Å²) in [5.74, 6) is -17.2. The molecule has 5 fully saturated rings. The van der Waals surface area contributed by atoms with Gasteiger partial charge in [0.2, 0.25) is 70.9 Å². The van der Waals surface area contributed by atoms with Gasteiger partial charge in [-0.25, -0.2) is 8.78 Å². The summed E-state index contributed by atoms with van der Waals surface area (Å²) >= 11 is 0. The second-order valence-electron chi connectivity index (χ2n) is 30.0. The molecule has 33 heteroatoms. The zero-order valence-electron chi connectivity index (χ0n) is 62.4. The topological polar surface area (TPSA) is 279 Å². The Kier molecular flexibility index (Phi) is 30.4. The Morgan fingerprint density at radius 1 is 0.644 bits per heavy atom. The van der Waals surface area contributed by atoms with E-state index in [1.54, 1.807) is 32.9 Å². The molecule has 6 rings (SSSR count). The van der Waals surface area contributed by atoms with Crippen LogP contribution in [0.25, 0.3) is 0 Å². The minimum absolute atomic E-state index is 0.00598. The van der Waals surface area contributed by atoms with E-state index in [4.69, 9.17) is 4.74 Å². The molecule has 2 bridgehead atoms. The van der Waals surface area contributed by atoms with Crippen LogP contribution in [0.1, 0.15) is 156 Å². The normalized spacial score (nSPS) is 31.5. The van der Waals surface area contributed by atoms with Crippen LogP contribution in [0.3, 0.4) is 0 Å². The molecule has 0 radical (unpaired) electrons. The molecule has 0 aromatic rings. The fraction of sp³-hybridized carbons (Fsp3) is 0.803. The van der Waals surface area contributed by atoms with Crippen molar-refractivity contribution in [3.05, 3.63) is 12.2 Å². The number of carbonyl (C=O) groups excluding carboxylic acids is 12. The quantitative estimate of drug-likeness (QED) is 0.168. The van der Waals surface area contributed by atoms with Gasteiger partial charge in [-0.15, -0.1) is 0 Å². The van der Waals surface area contributed by atoms with E-state index in [9.17, 15) is 59.9 Å². The maximum atomic E-state index is 15.4. The molecule has 4 saturated carbocycles. The van der Waals surface area contributed by atoms with Crippen molar-refractivity contribution in [1.29, 1.82) is 0 Å². The molecule has 4 aliphatic carbocycles. The summed E-state index contributed by atoms with van der Waals surface area (Å²) < 4.78 is 120. The standard InChI is InChI=1S/C71H110F8N12O13/c1-14-41(3)58-66(101)85(7)39-56(94)87(9)50-24-17-16-20-33-91(65(50)100)52(36-42-25-28-45(29-26-42)70(74,75)76)64(99)84(6)38-54(92)80-48(30-27-43-34-46(72)57(47(73)35-43)71(77,78)79)62(97)89(11)53(40-104-13)61(96)82-69(31-21-32-69)68(103)90(12)59(44-22-18-19-23-44)67(102)88(10)51(63(98)83(4)5)37-55(93)86(8)49(15-2)60(95)81-58/h16-17,41-53,57-59H,14-15,18-40H2,1-13H3,(H,80,92)(H,81,95)(H,82,96)/b17-16-/t41-,42?,43?,45?,46?,47?,48-,49-,50-,51-,52-,53-,57?,58-,59-/m0/s1. The lowest BCUT2D eigenvalue weighted by Crippen LogP contribution is -2.68. The number of rotatable bonds is 12. The molecular weight excluding hydrogens is 1380 g/mol. The summed E-state index contributed by atoms with van der Waals surface area (Å²) in [5.41, 5.74) is -1.72. The molecule has 6 aliphatic rings. The number of methoxy groups -OCH3 is 1. The molecule has 2 unspecified atom stereocenters. The van der Waals surface area contributed by atoms with E-state index in [1.165, 1.54) is 78.2 Å². The van der Waals surface area contributed by atoms with Crippen LogP contribution < -0.4 is 16.0 Å². The summed E-state index contributed by atoms with van der Waals surface area (Å²) in [6.45, 7) is 2.81. The van der Waals surface area contributed by atoms with Gasteiger partial charge in [0.05, 0.1) is 32.0 Å². The molecule has 1 spiro atoms. The summed E-state index contributed by atoms with van der Waals surface area (Å²) in [4.78, 5) is 188. The van der Waals surface area contributed by atoms with Crippen LogP contribution in [0.4, 0.5) is 35.1 Å². The molecule has 12 amide bonds. The lowest BCUT2D eigenvalue weighted by Gasteiger charge is -2.47. The zero-order chi connectivity index (χ0) is 77.8. The second kappa shape index (κ2) is 36.9. The van der Waals surface area contributed by atoms with Crippen LogP contribution in [0.2, 0.25) is 0 Å². The first-order chi connectivity index (χ1) is 48.7. The van der Waals surface area contributed by atoms with E-state index in [-0.39, 0.29) is 77.2 Å². The first-order valence-corrected chi connectivity index (χ1v) is 36.5. The third-order valence-corrected chi connectivity index (χ3v) is 22.8. The zero-order valence-corrected chi connectivity index (χ0v) is 62.4. The predicted octanol–water partition coefficient (Wildman–Crippen LogP) is 5.18. The van der Waals surface area contributed by atoms with Crippen molar-refractivity contribution >= 4 is 70.9 Å². The highest BCUT2D eigenvalue weighted by molar-refractivity contribution is 6.01. The van der Waals surface area contributed by atoms with Gasteiger partial charge in [0.25, 0.3) is 0 Å². The van der Waals surface area contributed by atoms with Gasteiger partial charge >= 0.3 is 12.4 Å². The number of likely N-dealkylation sites (N-methyl/N-ethyl adjacent to an activating group) is 8. The van der Waals surface area contributed by atoms with E-state index >= 15 is 32.8 Å². The van der Waals surface area contributed by atoms with Crippen molar-refractivity contribution in [1.82, 2.24) is 60.0 Å². The first kappa shape index (κ1) is 85.7. The number of hydrogen-bond acceptors (Lipinski definition) is 13. The van der Waals surface area contributed by atoms with Crippen molar-refractivity contribution < 1.29 is 97.4 Å². The molecule has 0 aromatic heterocycles. The maximum absolute atomic E-state index is 15.4. The summed E-state index contributed by atoms with van der Waals surface area (Å²) in [6.07, 6.45) is -12.5. The average Bonchev–Trinajstić information content (AvgIpc) is 0.989. The number of hydrogen-bond donors (Lipinski definition) is 3. The number of carbonyl (C=O) groups is 12. The van der Waals surface area contributed by atoms with Crippen LogP contribution in [-0.4, -0.2) is 290 Å². The van der Waals surface area contributed by atoms with Crippen LogP contribution in [0, 0.1) is 35.5 Å². The highest BCUT2D eigenvalue weighted by Crippen LogP contribution is 2.45. The van der Waals surface area contributed by atoms with Crippen LogP contribution in [0.15, 0.2) is 12.2 Å². The molecule has 3 N–H and O–H groups in total.